The smallest absolute Gasteiger partial charge is 0.339 e. The molecule has 1 N–H and O–H groups in total. The molecule has 10 nitrogen and oxygen atoms in total. The first kappa shape index (κ1) is 27.2. The zero-order valence-corrected chi connectivity index (χ0v) is 22.6. The fraction of sp³-hybridized carbons (Fsp3) is 0.300. The van der Waals surface area contributed by atoms with Crippen LogP contribution in [0.25, 0.3) is 0 Å². The second-order valence-corrected chi connectivity index (χ2v) is 9.86. The third kappa shape index (κ3) is 4.87. The molecule has 0 saturated carbocycles. The van der Waals surface area contributed by atoms with Crippen molar-refractivity contribution in [2.24, 2.45) is 0 Å². The highest BCUT2D eigenvalue weighted by Crippen LogP contribution is 2.45. The van der Waals surface area contributed by atoms with Crippen molar-refractivity contribution in [3.05, 3.63) is 84.4 Å². The maximum absolute atomic E-state index is 14.1. The van der Waals surface area contributed by atoms with Crippen molar-refractivity contribution >= 4 is 29.2 Å². The van der Waals surface area contributed by atoms with Crippen LogP contribution >= 0.6 is 0 Å². The van der Waals surface area contributed by atoms with Gasteiger partial charge in [-0.05, 0) is 74.5 Å². The van der Waals surface area contributed by atoms with E-state index in [4.69, 9.17) is 23.7 Å². The Hall–Kier alpha value is -4.41. The lowest BCUT2D eigenvalue weighted by Gasteiger charge is -2.54. The van der Waals surface area contributed by atoms with Gasteiger partial charge in [-0.3, -0.25) is 14.5 Å². The van der Waals surface area contributed by atoms with Gasteiger partial charge in [0.25, 0.3) is 17.4 Å². The standard InChI is InChI=1S/C30H30N2O8/c1-29(2)38-18-24(39-29)25-30(40-26(33)19-8-6-5-7-9-19,27(34)31-20-10-14-22(36-3)15-11-20)28(35)32(25)21-12-16-23(37-4)17-13-21/h5-17,24-25H,18H2,1-4H3,(H,31,34)/t24-,25+,30+/m1/s1. The number of hydrogen-bond donors (Lipinski definition) is 1. The van der Waals surface area contributed by atoms with Gasteiger partial charge in [0.1, 0.15) is 23.6 Å². The summed E-state index contributed by atoms with van der Waals surface area (Å²) in [6.45, 7) is 3.54. The maximum Gasteiger partial charge on any atom is 0.339 e. The molecule has 0 spiro atoms. The summed E-state index contributed by atoms with van der Waals surface area (Å²) in [6, 6.07) is 20.5. The quantitative estimate of drug-likeness (QED) is 0.258. The Morgan fingerprint density at radius 3 is 2.05 bits per heavy atom. The SMILES string of the molecule is COc1ccc(NC(=O)[C@]2(OC(=O)c3ccccc3)C(=O)N(c3ccc(OC)cc3)[C@H]2[C@H]2COC(C)(C)O2)cc1. The molecule has 0 aromatic heterocycles. The number of methoxy groups -OCH3 is 2. The molecule has 40 heavy (non-hydrogen) atoms. The number of hydrogen-bond acceptors (Lipinski definition) is 8. The molecule has 3 atom stereocenters. The normalized spacial score (nSPS) is 23.2. The van der Waals surface area contributed by atoms with Gasteiger partial charge in [-0.25, -0.2) is 4.79 Å². The number of amides is 2. The largest absolute Gasteiger partial charge is 0.497 e. The number of β-lactam (4-membered cyclic amide) rings is 1. The summed E-state index contributed by atoms with van der Waals surface area (Å²) in [5, 5.41) is 2.75. The molecule has 3 aromatic carbocycles. The first-order valence-corrected chi connectivity index (χ1v) is 12.7. The molecular formula is C30H30N2O8. The lowest BCUT2D eigenvalue weighted by molar-refractivity contribution is -0.179. The van der Waals surface area contributed by atoms with Crippen molar-refractivity contribution in [2.75, 3.05) is 31.0 Å². The number of nitrogens with one attached hydrogen (secondary N) is 1. The molecule has 10 heteroatoms. The van der Waals surface area contributed by atoms with E-state index in [9.17, 15) is 14.4 Å². The number of ether oxygens (including phenoxy) is 5. The van der Waals surface area contributed by atoms with Crippen LogP contribution in [0.5, 0.6) is 11.5 Å². The summed E-state index contributed by atoms with van der Waals surface area (Å²) in [7, 11) is 3.07. The van der Waals surface area contributed by atoms with E-state index >= 15 is 0 Å². The first-order valence-electron chi connectivity index (χ1n) is 12.7. The number of carbonyl (C=O) groups excluding carboxylic acids is 3. The topological polar surface area (TPSA) is 113 Å². The van der Waals surface area contributed by atoms with Crippen molar-refractivity contribution in [2.45, 2.75) is 37.4 Å². The summed E-state index contributed by atoms with van der Waals surface area (Å²) in [6.07, 6.45) is -0.792. The van der Waals surface area contributed by atoms with E-state index in [0.29, 0.717) is 22.9 Å². The zero-order valence-electron chi connectivity index (χ0n) is 22.6. The predicted octanol–water partition coefficient (Wildman–Crippen LogP) is 3.81. The molecule has 0 bridgehead atoms. The van der Waals surface area contributed by atoms with E-state index in [-0.39, 0.29) is 12.2 Å². The summed E-state index contributed by atoms with van der Waals surface area (Å²) in [5.41, 5.74) is -1.19. The molecule has 2 aliphatic rings. The average molecular weight is 547 g/mol. The van der Waals surface area contributed by atoms with E-state index in [1.54, 1.807) is 92.7 Å². The van der Waals surface area contributed by atoms with Crippen molar-refractivity contribution < 1.29 is 38.1 Å². The number of esters is 1. The molecule has 0 radical (unpaired) electrons. The van der Waals surface area contributed by atoms with Crippen molar-refractivity contribution in [3.8, 4) is 11.5 Å². The minimum absolute atomic E-state index is 0.0675. The van der Waals surface area contributed by atoms with Crippen LogP contribution in [0.2, 0.25) is 0 Å². The Bertz CT molecular complexity index is 1380. The molecule has 3 aromatic rings. The van der Waals surface area contributed by atoms with Gasteiger partial charge >= 0.3 is 5.97 Å². The van der Waals surface area contributed by atoms with Crippen LogP contribution in [0.3, 0.4) is 0 Å². The van der Waals surface area contributed by atoms with E-state index in [0.717, 1.165) is 0 Å². The second kappa shape index (κ2) is 10.6. The molecule has 2 aliphatic heterocycles. The number of nitrogens with zero attached hydrogens (tertiary/aromatic N) is 1. The highest BCUT2D eigenvalue weighted by molar-refractivity contribution is 6.26. The molecule has 2 heterocycles. The summed E-state index contributed by atoms with van der Waals surface area (Å²) < 4.78 is 28.3. The third-order valence-corrected chi connectivity index (χ3v) is 6.91. The number of carbonyl (C=O) groups is 3. The Labute approximate surface area is 231 Å². The van der Waals surface area contributed by atoms with Crippen LogP contribution in [-0.2, 0) is 23.8 Å². The molecule has 2 saturated heterocycles. The Morgan fingerprint density at radius 2 is 1.50 bits per heavy atom. The molecule has 5 rings (SSSR count). The van der Waals surface area contributed by atoms with Gasteiger partial charge in [-0.2, -0.15) is 0 Å². The first-order chi connectivity index (χ1) is 19.2. The van der Waals surface area contributed by atoms with Crippen LogP contribution < -0.4 is 19.7 Å². The van der Waals surface area contributed by atoms with E-state index < -0.39 is 41.3 Å². The summed E-state index contributed by atoms with van der Waals surface area (Å²) in [5.74, 6) is -2.15. The van der Waals surface area contributed by atoms with Gasteiger partial charge in [-0.15, -0.1) is 0 Å². The van der Waals surface area contributed by atoms with Gasteiger partial charge in [0.05, 0.1) is 26.4 Å². The molecule has 208 valence electrons. The highest BCUT2D eigenvalue weighted by Gasteiger charge is 2.73. The Morgan fingerprint density at radius 1 is 0.900 bits per heavy atom. The lowest BCUT2D eigenvalue weighted by Crippen LogP contribution is -2.83. The summed E-state index contributed by atoms with van der Waals surface area (Å²) in [4.78, 5) is 43.0. The van der Waals surface area contributed by atoms with Crippen molar-refractivity contribution in [1.29, 1.82) is 0 Å². The number of rotatable bonds is 8. The molecule has 2 amide bonds. The Kier molecular flexibility index (Phi) is 7.22. The van der Waals surface area contributed by atoms with E-state index in [2.05, 4.69) is 5.32 Å². The fourth-order valence-corrected chi connectivity index (χ4v) is 4.93. The molecule has 0 unspecified atom stereocenters. The van der Waals surface area contributed by atoms with Crippen LogP contribution in [0.15, 0.2) is 78.9 Å². The minimum Gasteiger partial charge on any atom is -0.497 e. The minimum atomic E-state index is -2.25. The van der Waals surface area contributed by atoms with Crippen LogP contribution in [-0.4, -0.2) is 62.1 Å². The average Bonchev–Trinajstić information content (AvgIpc) is 3.33. The van der Waals surface area contributed by atoms with E-state index in [1.165, 1.54) is 19.1 Å². The molecule has 2 fully saturated rings. The number of benzene rings is 3. The predicted molar refractivity (Wildman–Crippen MR) is 145 cm³/mol. The van der Waals surface area contributed by atoms with Crippen LogP contribution in [0.4, 0.5) is 11.4 Å². The highest BCUT2D eigenvalue weighted by atomic mass is 16.7. The van der Waals surface area contributed by atoms with Gasteiger partial charge in [0, 0.05) is 11.4 Å². The third-order valence-electron chi connectivity index (χ3n) is 6.91. The van der Waals surface area contributed by atoms with E-state index in [1.807, 2.05) is 0 Å². The monoisotopic (exact) mass is 546 g/mol. The molecule has 0 aliphatic carbocycles. The van der Waals surface area contributed by atoms with Crippen molar-refractivity contribution in [3.63, 3.8) is 0 Å². The van der Waals surface area contributed by atoms with Gasteiger partial charge in [0.15, 0.2) is 5.79 Å². The summed E-state index contributed by atoms with van der Waals surface area (Å²) >= 11 is 0. The Balaban J connectivity index is 1.58. The lowest BCUT2D eigenvalue weighted by atomic mass is 9.76. The van der Waals surface area contributed by atoms with Crippen LogP contribution in [0.1, 0.15) is 24.2 Å². The van der Waals surface area contributed by atoms with Gasteiger partial charge in [-0.1, -0.05) is 18.2 Å². The van der Waals surface area contributed by atoms with Gasteiger partial charge < -0.3 is 29.0 Å². The molecular weight excluding hydrogens is 516 g/mol. The fourth-order valence-electron chi connectivity index (χ4n) is 4.93. The second-order valence-electron chi connectivity index (χ2n) is 9.86. The number of anilines is 2. The van der Waals surface area contributed by atoms with Crippen molar-refractivity contribution in [1.82, 2.24) is 0 Å². The van der Waals surface area contributed by atoms with Gasteiger partial charge in [0.2, 0.25) is 0 Å². The zero-order chi connectivity index (χ0) is 28.5. The maximum atomic E-state index is 14.1. The van der Waals surface area contributed by atoms with Crippen LogP contribution in [0, 0.1) is 0 Å².